The fourth-order valence-electron chi connectivity index (χ4n) is 1.30. The van der Waals surface area contributed by atoms with Crippen LogP contribution in [0.15, 0.2) is 0 Å². The van der Waals surface area contributed by atoms with Crippen LogP contribution in [0, 0.1) is 11.8 Å². The third kappa shape index (κ3) is 9.49. The van der Waals surface area contributed by atoms with Crippen LogP contribution in [0.5, 0.6) is 0 Å². The highest BCUT2D eigenvalue weighted by Gasteiger charge is 2.08. The first-order valence-electron chi connectivity index (χ1n) is 5.90. The molecule has 0 radical (unpaired) electrons. The minimum absolute atomic E-state index is 0.0656. The Kier molecular flexibility index (Phi) is 7.60. The first-order valence-corrected chi connectivity index (χ1v) is 5.90. The molecule has 16 heavy (non-hydrogen) atoms. The van der Waals surface area contributed by atoms with E-state index in [0.717, 1.165) is 6.42 Å². The molecule has 2 N–H and O–H groups in total. The molecule has 0 aliphatic rings. The molecule has 0 fully saturated rings. The van der Waals surface area contributed by atoms with Gasteiger partial charge in [0.15, 0.2) is 0 Å². The number of carbonyl (C=O) groups is 2. The molecule has 0 aromatic carbocycles. The molecule has 0 saturated carbocycles. The van der Waals surface area contributed by atoms with Gasteiger partial charge >= 0.3 is 5.97 Å². The van der Waals surface area contributed by atoms with Crippen molar-refractivity contribution in [2.45, 2.75) is 46.5 Å². The Balaban J connectivity index is 3.54. The van der Waals surface area contributed by atoms with Crippen LogP contribution in [0.1, 0.15) is 46.5 Å². The zero-order valence-electron chi connectivity index (χ0n) is 10.5. The molecule has 1 atom stereocenters. The van der Waals surface area contributed by atoms with Gasteiger partial charge in [0.1, 0.15) is 0 Å². The van der Waals surface area contributed by atoms with Gasteiger partial charge in [-0.2, -0.15) is 0 Å². The normalized spacial score (nSPS) is 12.5. The molecule has 0 aliphatic heterocycles. The number of amides is 1. The lowest BCUT2D eigenvalue weighted by molar-refractivity contribution is -0.137. The Morgan fingerprint density at radius 2 is 1.69 bits per heavy atom. The molecule has 4 heteroatoms. The van der Waals surface area contributed by atoms with Gasteiger partial charge in [0.2, 0.25) is 5.91 Å². The summed E-state index contributed by atoms with van der Waals surface area (Å²) in [5, 5.41) is 11.4. The van der Waals surface area contributed by atoms with E-state index in [-0.39, 0.29) is 12.3 Å². The van der Waals surface area contributed by atoms with E-state index in [0.29, 0.717) is 31.2 Å². The lowest BCUT2D eigenvalue weighted by Crippen LogP contribution is -2.27. The number of hydrogen-bond donors (Lipinski definition) is 2. The van der Waals surface area contributed by atoms with Gasteiger partial charge in [-0.15, -0.1) is 0 Å². The second kappa shape index (κ2) is 8.13. The summed E-state index contributed by atoms with van der Waals surface area (Å²) in [5.74, 6) is 0.0567. The van der Waals surface area contributed by atoms with Crippen molar-refractivity contribution in [1.29, 1.82) is 0 Å². The van der Waals surface area contributed by atoms with E-state index in [1.807, 2.05) is 6.92 Å². The van der Waals surface area contributed by atoms with E-state index in [2.05, 4.69) is 19.2 Å². The Hall–Kier alpha value is -1.06. The molecular formula is C12H23NO3. The number of carbonyl (C=O) groups excluding carboxylic acids is 1. The monoisotopic (exact) mass is 229 g/mol. The Bertz CT molecular complexity index is 226. The van der Waals surface area contributed by atoms with Crippen molar-refractivity contribution in [3.05, 3.63) is 0 Å². The summed E-state index contributed by atoms with van der Waals surface area (Å²) < 4.78 is 0. The molecule has 0 rings (SSSR count). The largest absolute Gasteiger partial charge is 0.481 e. The first kappa shape index (κ1) is 14.9. The van der Waals surface area contributed by atoms with Gasteiger partial charge in [0, 0.05) is 19.4 Å². The Morgan fingerprint density at radius 3 is 2.19 bits per heavy atom. The predicted octanol–water partition coefficient (Wildman–Crippen LogP) is 2.04. The highest BCUT2D eigenvalue weighted by atomic mass is 16.4. The van der Waals surface area contributed by atoms with Crippen LogP contribution in [0.4, 0.5) is 0 Å². The van der Waals surface area contributed by atoms with Crippen molar-refractivity contribution in [2.75, 3.05) is 6.54 Å². The van der Waals surface area contributed by atoms with E-state index in [1.54, 1.807) is 0 Å². The van der Waals surface area contributed by atoms with Gasteiger partial charge in [-0.3, -0.25) is 9.59 Å². The summed E-state index contributed by atoms with van der Waals surface area (Å²) in [7, 11) is 0. The fraction of sp³-hybridized carbons (Fsp3) is 0.833. The van der Waals surface area contributed by atoms with Gasteiger partial charge in [0.25, 0.3) is 0 Å². The molecule has 0 saturated heterocycles. The molecule has 1 amide bonds. The second-order valence-corrected chi connectivity index (χ2v) is 4.77. The zero-order chi connectivity index (χ0) is 12.6. The molecule has 1 unspecified atom stereocenters. The molecule has 0 spiro atoms. The van der Waals surface area contributed by atoms with Crippen LogP contribution in [-0.4, -0.2) is 23.5 Å². The molecular weight excluding hydrogens is 206 g/mol. The summed E-state index contributed by atoms with van der Waals surface area (Å²) in [6, 6.07) is 0. The summed E-state index contributed by atoms with van der Waals surface area (Å²) in [6.45, 7) is 6.80. The maximum atomic E-state index is 11.4. The number of rotatable bonds is 8. The maximum absolute atomic E-state index is 11.4. The van der Waals surface area contributed by atoms with Crippen LogP contribution in [0.25, 0.3) is 0 Å². The van der Waals surface area contributed by atoms with Crippen molar-refractivity contribution < 1.29 is 14.7 Å². The van der Waals surface area contributed by atoms with Crippen molar-refractivity contribution in [3.63, 3.8) is 0 Å². The molecule has 0 aromatic rings. The molecule has 0 aliphatic carbocycles. The molecule has 0 bridgehead atoms. The second-order valence-electron chi connectivity index (χ2n) is 4.77. The van der Waals surface area contributed by atoms with Crippen molar-refractivity contribution >= 4 is 11.9 Å². The van der Waals surface area contributed by atoms with Crippen LogP contribution >= 0.6 is 0 Å². The average Bonchev–Trinajstić information content (AvgIpc) is 2.20. The third-order valence-electron chi connectivity index (χ3n) is 2.42. The molecule has 94 valence electrons. The SMILES string of the molecule is CC(C)CNC(=O)CCC(C)CCC(=O)O. The lowest BCUT2D eigenvalue weighted by Gasteiger charge is -2.11. The number of hydrogen-bond acceptors (Lipinski definition) is 2. The van der Waals surface area contributed by atoms with E-state index in [4.69, 9.17) is 5.11 Å². The Labute approximate surface area is 97.4 Å². The highest BCUT2D eigenvalue weighted by Crippen LogP contribution is 2.12. The van der Waals surface area contributed by atoms with Crippen molar-refractivity contribution in [1.82, 2.24) is 5.32 Å². The van der Waals surface area contributed by atoms with Gasteiger partial charge in [0.05, 0.1) is 0 Å². The summed E-state index contributed by atoms with van der Waals surface area (Å²) in [6.07, 6.45) is 2.09. The van der Waals surface area contributed by atoms with E-state index in [1.165, 1.54) is 0 Å². The topological polar surface area (TPSA) is 66.4 Å². The van der Waals surface area contributed by atoms with Gasteiger partial charge in [-0.05, 0) is 24.7 Å². The first-order chi connectivity index (χ1) is 7.41. The van der Waals surface area contributed by atoms with Crippen molar-refractivity contribution in [3.8, 4) is 0 Å². The van der Waals surface area contributed by atoms with Gasteiger partial charge in [-0.1, -0.05) is 20.8 Å². The van der Waals surface area contributed by atoms with Gasteiger partial charge < -0.3 is 10.4 Å². The Morgan fingerprint density at radius 1 is 1.12 bits per heavy atom. The number of carboxylic acid groups (broad SMARTS) is 1. The summed E-state index contributed by atoms with van der Waals surface area (Å²) in [4.78, 5) is 21.7. The number of aliphatic carboxylic acids is 1. The standard InChI is InChI=1S/C12H23NO3/c1-9(2)8-13-11(14)6-4-10(3)5-7-12(15)16/h9-10H,4-8H2,1-3H3,(H,13,14)(H,15,16). The van der Waals surface area contributed by atoms with Gasteiger partial charge in [-0.25, -0.2) is 0 Å². The lowest BCUT2D eigenvalue weighted by atomic mass is 9.99. The predicted molar refractivity (Wildman–Crippen MR) is 63.1 cm³/mol. The smallest absolute Gasteiger partial charge is 0.303 e. The zero-order valence-corrected chi connectivity index (χ0v) is 10.5. The van der Waals surface area contributed by atoms with Crippen LogP contribution in [0.3, 0.4) is 0 Å². The van der Waals surface area contributed by atoms with Crippen LogP contribution < -0.4 is 5.32 Å². The number of carboxylic acids is 1. The number of nitrogens with one attached hydrogen (secondary N) is 1. The van der Waals surface area contributed by atoms with Crippen LogP contribution in [-0.2, 0) is 9.59 Å². The van der Waals surface area contributed by atoms with E-state index in [9.17, 15) is 9.59 Å². The quantitative estimate of drug-likeness (QED) is 0.669. The van der Waals surface area contributed by atoms with Crippen molar-refractivity contribution in [2.24, 2.45) is 11.8 Å². The summed E-state index contributed by atoms with van der Waals surface area (Å²) >= 11 is 0. The highest BCUT2D eigenvalue weighted by molar-refractivity contribution is 5.75. The fourth-order valence-corrected chi connectivity index (χ4v) is 1.30. The van der Waals surface area contributed by atoms with Crippen LogP contribution in [0.2, 0.25) is 0 Å². The minimum Gasteiger partial charge on any atom is -0.481 e. The average molecular weight is 229 g/mol. The summed E-state index contributed by atoms with van der Waals surface area (Å²) in [5.41, 5.74) is 0. The van der Waals surface area contributed by atoms with E-state index >= 15 is 0 Å². The maximum Gasteiger partial charge on any atom is 0.303 e. The molecule has 0 heterocycles. The van der Waals surface area contributed by atoms with E-state index < -0.39 is 5.97 Å². The molecule has 0 aromatic heterocycles. The minimum atomic E-state index is -0.767. The third-order valence-corrected chi connectivity index (χ3v) is 2.42. The molecule has 4 nitrogen and oxygen atoms in total.